The van der Waals surface area contributed by atoms with E-state index < -0.39 is 12.1 Å². The van der Waals surface area contributed by atoms with E-state index in [9.17, 15) is 0 Å². The molecule has 0 aliphatic rings. The van der Waals surface area contributed by atoms with Crippen molar-refractivity contribution >= 4 is 57.5 Å². The third kappa shape index (κ3) is 6.66. The zero-order chi connectivity index (χ0) is 30.4. The Hall–Kier alpha value is -3.99. The van der Waals surface area contributed by atoms with E-state index in [4.69, 9.17) is 9.59 Å². The molecule has 6 aromatic carbocycles. The van der Waals surface area contributed by atoms with E-state index in [0.29, 0.717) is 0 Å². The average molecular weight is 641 g/mol. The Bertz CT molecular complexity index is 1320. The van der Waals surface area contributed by atoms with Crippen LogP contribution in [0.1, 0.15) is 0 Å². The van der Waals surface area contributed by atoms with Gasteiger partial charge < -0.3 is 0 Å². The summed E-state index contributed by atoms with van der Waals surface area (Å²) < 4.78 is 0. The van der Waals surface area contributed by atoms with Crippen molar-refractivity contribution in [3.8, 4) is 0 Å². The average Bonchev–Trinajstić information content (AvgIpc) is 3.13. The van der Waals surface area contributed by atoms with Gasteiger partial charge in [0.25, 0.3) is 13.6 Å². The molecule has 0 amide bonds. The number of hydrogen-bond donors (Lipinski definition) is 0. The van der Waals surface area contributed by atoms with Crippen LogP contribution in [0.15, 0.2) is 182 Å². The molecule has 6 rings (SSSR count). The van der Waals surface area contributed by atoms with Crippen molar-refractivity contribution < 1.29 is 23.2 Å². The van der Waals surface area contributed by atoms with Crippen LogP contribution in [0.5, 0.6) is 0 Å². The molecule has 0 spiro atoms. The molecule has 0 aromatic heterocycles. The van der Waals surface area contributed by atoms with E-state index in [1.165, 1.54) is 31.8 Å². The van der Waals surface area contributed by atoms with Crippen LogP contribution in [0, 0.1) is 0 Å². The first-order chi connectivity index (χ1) is 21.3. The summed E-state index contributed by atoms with van der Waals surface area (Å²) in [4.78, 5) is 15.0. The Morgan fingerprint density at radius 3 is 0.558 bits per heavy atom. The van der Waals surface area contributed by atoms with Crippen molar-refractivity contribution in [1.29, 1.82) is 0 Å². The van der Waals surface area contributed by atoms with Gasteiger partial charge in [0.05, 0.1) is 0 Å². The molecule has 0 atom stereocenters. The second-order valence-corrected chi connectivity index (χ2v) is 22.7. The molecule has 0 unspecified atom stereocenters. The quantitative estimate of drug-likeness (QED) is 0.161. The van der Waals surface area contributed by atoms with Gasteiger partial charge in [0.1, 0.15) is 0 Å². The van der Waals surface area contributed by atoms with Crippen LogP contribution >= 0.6 is 12.1 Å². The molecule has 6 aromatic rings. The second-order valence-electron chi connectivity index (χ2n) is 9.50. The van der Waals surface area contributed by atoms with Crippen LogP contribution in [0.2, 0.25) is 0 Å². The molecule has 2 nitrogen and oxygen atoms in total. The van der Waals surface area contributed by atoms with E-state index in [0.717, 1.165) is 0 Å². The fraction of sp³-hybridized carbons (Fsp3) is 0. The molecule has 43 heavy (non-hydrogen) atoms. The maximum absolute atomic E-state index is 7.50. The summed E-state index contributed by atoms with van der Waals surface area (Å²) in [6, 6.07) is 62.6. The van der Waals surface area contributed by atoms with Gasteiger partial charge >= 0.3 is 239 Å². The van der Waals surface area contributed by atoms with Gasteiger partial charge in [-0.15, -0.1) is 0 Å². The molecule has 0 N–H and O–H groups in total. The van der Waals surface area contributed by atoms with Crippen LogP contribution < -0.4 is 31.8 Å². The normalized spacial score (nSPS) is 11.6. The number of rotatable bonds is 8. The van der Waals surface area contributed by atoms with Crippen molar-refractivity contribution in [2.45, 2.75) is 0 Å². The molecule has 216 valence electrons. The fourth-order valence-electron chi connectivity index (χ4n) is 5.40. The van der Waals surface area contributed by atoms with E-state index in [2.05, 4.69) is 196 Å². The zero-order valence-electron chi connectivity index (χ0n) is 23.5. The first-order valence-electron chi connectivity index (χ1n) is 13.7. The molecule has 0 bridgehead atoms. The Morgan fingerprint density at radius 2 is 0.419 bits per heavy atom. The van der Waals surface area contributed by atoms with Gasteiger partial charge in [-0.25, -0.2) is 0 Å². The monoisotopic (exact) mass is 640 g/mol. The van der Waals surface area contributed by atoms with E-state index >= 15 is 0 Å². The van der Waals surface area contributed by atoms with E-state index in [1.807, 2.05) is 13.6 Å². The first-order valence-corrected chi connectivity index (χ1v) is 20.3. The standard InChI is InChI=1S/2C18H15P.2CO.Ni/c2*1-4-10-16(11-5-1)19(17-12-6-2-7-13-17)18-14-8-3-9-15-18;2*1-2;/h2*1-15H;;;/q;;;;-2/p+2. The predicted octanol–water partition coefficient (Wildman–Crippen LogP) is 5.56. The van der Waals surface area contributed by atoms with Gasteiger partial charge in [0.2, 0.25) is 0 Å². The third-order valence-corrected chi connectivity index (χ3v) is 27.4. The Kier molecular flexibility index (Phi) is 11.9. The molecule has 5 heteroatoms. The Labute approximate surface area is 261 Å². The summed E-state index contributed by atoms with van der Waals surface area (Å²) in [7, 11) is 0. The number of benzene rings is 6. The van der Waals surface area contributed by atoms with Gasteiger partial charge in [-0.3, -0.25) is 9.59 Å². The summed E-state index contributed by atoms with van der Waals surface area (Å²) in [6.45, 7) is 9.00. The van der Waals surface area contributed by atoms with Gasteiger partial charge in [0, 0.05) is 0 Å². The van der Waals surface area contributed by atoms with E-state index in [1.54, 1.807) is 0 Å². The molecule has 0 heterocycles. The van der Waals surface area contributed by atoms with Crippen molar-refractivity contribution in [2.24, 2.45) is 0 Å². The van der Waals surface area contributed by atoms with Crippen LogP contribution in [0.4, 0.5) is 0 Å². The molecule has 0 aliphatic heterocycles. The fourth-order valence-corrected chi connectivity index (χ4v) is 30.5. The van der Waals surface area contributed by atoms with Crippen molar-refractivity contribution in [2.75, 3.05) is 0 Å². The summed E-state index contributed by atoms with van der Waals surface area (Å²) in [6.07, 6.45) is 0. The van der Waals surface area contributed by atoms with Crippen molar-refractivity contribution in [1.82, 2.24) is 0 Å². The molecule has 0 saturated carbocycles. The SMILES string of the molecule is [C]=O.[C]=O.c1ccc([PH]([Ni][PH](c2ccccc2)(c2ccccc2)c2ccccc2)(c2ccccc2)c2ccccc2)cc1. The summed E-state index contributed by atoms with van der Waals surface area (Å²) >= 11 is 1.98. The van der Waals surface area contributed by atoms with Crippen LogP contribution in [0.3, 0.4) is 0 Å². The molecule has 4 radical (unpaired) electrons. The van der Waals surface area contributed by atoms with Gasteiger partial charge in [-0.1, -0.05) is 0 Å². The van der Waals surface area contributed by atoms with Crippen molar-refractivity contribution in [3.63, 3.8) is 0 Å². The molecule has 0 aliphatic carbocycles. The minimum atomic E-state index is -2.61. The summed E-state index contributed by atoms with van der Waals surface area (Å²) in [5.74, 6) is 0. The third-order valence-electron chi connectivity index (χ3n) is 7.16. The second kappa shape index (κ2) is 16.0. The number of carbonyl (C=O) groups excluding carboxylic acids is 2. The van der Waals surface area contributed by atoms with Crippen LogP contribution in [0.25, 0.3) is 0 Å². The Balaban J connectivity index is 0.00000102. The topological polar surface area (TPSA) is 34.1 Å². The molecular weight excluding hydrogens is 609 g/mol. The van der Waals surface area contributed by atoms with Crippen LogP contribution in [-0.2, 0) is 23.2 Å². The summed E-state index contributed by atoms with van der Waals surface area (Å²) in [5.41, 5.74) is 0. The zero-order valence-corrected chi connectivity index (χ0v) is 26.4. The summed E-state index contributed by atoms with van der Waals surface area (Å²) in [5, 5.41) is 8.59. The first kappa shape index (κ1) is 31.9. The van der Waals surface area contributed by atoms with Crippen LogP contribution in [-0.4, -0.2) is 13.6 Å². The van der Waals surface area contributed by atoms with Crippen molar-refractivity contribution in [3.05, 3.63) is 182 Å². The molecule has 0 saturated heterocycles. The van der Waals surface area contributed by atoms with E-state index in [-0.39, 0.29) is 0 Å². The van der Waals surface area contributed by atoms with Gasteiger partial charge in [0.15, 0.2) is 0 Å². The molecule has 0 fully saturated rings. The predicted molar refractivity (Wildman–Crippen MR) is 184 cm³/mol. The van der Waals surface area contributed by atoms with Gasteiger partial charge in [-0.2, -0.15) is 0 Å². The molecular formula is C38H32NiO2P2. The number of hydrogen-bond acceptors (Lipinski definition) is 2. The maximum atomic E-state index is 7.50. The Morgan fingerprint density at radius 1 is 0.279 bits per heavy atom. The van der Waals surface area contributed by atoms with Gasteiger partial charge in [-0.05, 0) is 0 Å². The minimum absolute atomic E-state index is 1.43.